The van der Waals surface area contributed by atoms with E-state index in [0.29, 0.717) is 18.6 Å². The first kappa shape index (κ1) is 16.8. The van der Waals surface area contributed by atoms with Crippen LogP contribution in [0.3, 0.4) is 0 Å². The summed E-state index contributed by atoms with van der Waals surface area (Å²) in [5.41, 5.74) is 2.33. The highest BCUT2D eigenvalue weighted by atomic mass is 16.7. The number of carbonyl (C=O) groups is 1. The van der Waals surface area contributed by atoms with Gasteiger partial charge in [0.1, 0.15) is 18.1 Å². The standard InChI is InChI=1S/C21H25N3O3/c1-21(9-10-21)12-17-11-18(22-27-17)19-8-7-16-13-23(19)20(25)24(16)26-14-15-5-3-2-4-6-15/h2-6,11,16,19H,7-10,12-14H2,1H3/t16-,19+/m1/s1. The minimum absolute atomic E-state index is 0.0106. The predicted octanol–water partition coefficient (Wildman–Crippen LogP) is 4.09. The van der Waals surface area contributed by atoms with E-state index in [-0.39, 0.29) is 18.1 Å². The van der Waals surface area contributed by atoms with Crippen molar-refractivity contribution in [1.82, 2.24) is 15.1 Å². The summed E-state index contributed by atoms with van der Waals surface area (Å²) in [6.07, 6.45) is 5.26. The number of hydroxylamine groups is 2. The first-order valence-electron chi connectivity index (χ1n) is 9.83. The molecule has 1 aromatic carbocycles. The Morgan fingerprint density at radius 1 is 1.26 bits per heavy atom. The molecule has 2 saturated heterocycles. The van der Waals surface area contributed by atoms with Crippen molar-refractivity contribution in [2.24, 2.45) is 5.41 Å². The number of piperidine rings is 1. The normalized spacial score (nSPS) is 25.9. The van der Waals surface area contributed by atoms with E-state index in [9.17, 15) is 4.79 Å². The monoisotopic (exact) mass is 367 g/mol. The van der Waals surface area contributed by atoms with Crippen LogP contribution in [0.2, 0.25) is 0 Å². The van der Waals surface area contributed by atoms with E-state index in [1.54, 1.807) is 5.06 Å². The molecule has 3 aliphatic rings. The molecule has 2 amide bonds. The highest BCUT2D eigenvalue weighted by Gasteiger charge is 2.47. The van der Waals surface area contributed by atoms with Crippen LogP contribution < -0.4 is 0 Å². The lowest BCUT2D eigenvalue weighted by atomic mass is 9.97. The second kappa shape index (κ2) is 6.37. The van der Waals surface area contributed by atoms with Crippen molar-refractivity contribution in [2.45, 2.75) is 57.7 Å². The lowest BCUT2D eigenvalue weighted by Gasteiger charge is -2.28. The zero-order valence-electron chi connectivity index (χ0n) is 15.6. The predicted molar refractivity (Wildman–Crippen MR) is 98.5 cm³/mol. The molecule has 0 radical (unpaired) electrons. The van der Waals surface area contributed by atoms with Gasteiger partial charge in [0.15, 0.2) is 0 Å². The fourth-order valence-electron chi connectivity index (χ4n) is 4.20. The lowest BCUT2D eigenvalue weighted by molar-refractivity contribution is -0.140. The summed E-state index contributed by atoms with van der Waals surface area (Å²) in [6.45, 7) is 3.39. The third kappa shape index (κ3) is 3.23. The molecule has 142 valence electrons. The first-order valence-corrected chi connectivity index (χ1v) is 9.83. The molecule has 0 unspecified atom stereocenters. The van der Waals surface area contributed by atoms with Crippen LogP contribution in [0.5, 0.6) is 0 Å². The van der Waals surface area contributed by atoms with Gasteiger partial charge in [0.25, 0.3) is 0 Å². The number of carbonyl (C=O) groups excluding carboxylic acids is 1. The molecule has 6 heteroatoms. The van der Waals surface area contributed by atoms with Gasteiger partial charge in [-0.25, -0.2) is 4.79 Å². The van der Waals surface area contributed by atoms with Gasteiger partial charge in [-0.15, -0.1) is 0 Å². The molecule has 2 aromatic rings. The number of nitrogens with zero attached hydrogens (tertiary/aromatic N) is 3. The van der Waals surface area contributed by atoms with E-state index in [1.807, 2.05) is 35.2 Å². The van der Waals surface area contributed by atoms with Crippen LogP contribution in [0, 0.1) is 5.41 Å². The van der Waals surface area contributed by atoms with Gasteiger partial charge in [-0.2, -0.15) is 5.06 Å². The Kier molecular flexibility index (Phi) is 3.97. The van der Waals surface area contributed by atoms with E-state index in [1.165, 1.54) is 12.8 Å². The maximum atomic E-state index is 12.9. The van der Waals surface area contributed by atoms with Crippen LogP contribution in [0.4, 0.5) is 4.79 Å². The Balaban J connectivity index is 1.26. The Bertz CT molecular complexity index is 830. The smallest absolute Gasteiger partial charge is 0.344 e. The third-order valence-corrected chi connectivity index (χ3v) is 6.16. The summed E-state index contributed by atoms with van der Waals surface area (Å²) in [6, 6.07) is 12.0. The van der Waals surface area contributed by atoms with Gasteiger partial charge in [-0.3, -0.25) is 4.84 Å². The van der Waals surface area contributed by atoms with Crippen molar-refractivity contribution in [1.29, 1.82) is 0 Å². The second-order valence-corrected chi connectivity index (χ2v) is 8.47. The fraction of sp³-hybridized carbons (Fsp3) is 0.524. The SMILES string of the molecule is CC1(Cc2cc([C@@H]3CC[C@@H]4CN3C(=O)N4OCc3ccccc3)no2)CC1. The second-order valence-electron chi connectivity index (χ2n) is 8.47. The largest absolute Gasteiger partial charge is 0.361 e. The first-order chi connectivity index (χ1) is 13.1. The molecule has 2 aliphatic heterocycles. The van der Waals surface area contributed by atoms with E-state index >= 15 is 0 Å². The molecule has 1 saturated carbocycles. The van der Waals surface area contributed by atoms with Crippen LogP contribution >= 0.6 is 0 Å². The minimum atomic E-state index is -0.0582. The molecule has 0 spiro atoms. The topological polar surface area (TPSA) is 58.8 Å². The zero-order chi connectivity index (χ0) is 18.4. The number of benzene rings is 1. The van der Waals surface area contributed by atoms with Gasteiger partial charge >= 0.3 is 6.03 Å². The highest BCUT2D eigenvalue weighted by Crippen LogP contribution is 2.48. The quantitative estimate of drug-likeness (QED) is 0.772. The molecule has 1 aromatic heterocycles. The van der Waals surface area contributed by atoms with Crippen LogP contribution in [0.25, 0.3) is 0 Å². The molecular weight excluding hydrogens is 342 g/mol. The average molecular weight is 367 g/mol. The van der Waals surface area contributed by atoms with Gasteiger partial charge in [-0.05, 0) is 36.7 Å². The van der Waals surface area contributed by atoms with Crippen molar-refractivity contribution in [3.8, 4) is 0 Å². The van der Waals surface area contributed by atoms with Crippen molar-refractivity contribution in [3.63, 3.8) is 0 Å². The lowest BCUT2D eigenvalue weighted by Crippen LogP contribution is -2.34. The Hall–Kier alpha value is -2.34. The van der Waals surface area contributed by atoms with Crippen molar-refractivity contribution in [2.75, 3.05) is 6.54 Å². The molecule has 2 bridgehead atoms. The summed E-state index contributed by atoms with van der Waals surface area (Å²) in [5, 5.41) is 5.86. The average Bonchev–Trinajstić information content (AvgIpc) is 3.14. The molecule has 3 heterocycles. The zero-order valence-corrected chi connectivity index (χ0v) is 15.6. The van der Waals surface area contributed by atoms with Gasteiger partial charge in [0.05, 0.1) is 12.1 Å². The van der Waals surface area contributed by atoms with Gasteiger partial charge < -0.3 is 9.42 Å². The Morgan fingerprint density at radius 2 is 2.07 bits per heavy atom. The Labute approximate surface area is 159 Å². The third-order valence-electron chi connectivity index (χ3n) is 6.16. The van der Waals surface area contributed by atoms with Crippen molar-refractivity contribution in [3.05, 3.63) is 53.4 Å². The van der Waals surface area contributed by atoms with Crippen molar-refractivity contribution < 1.29 is 14.2 Å². The summed E-state index contributed by atoms with van der Waals surface area (Å²) < 4.78 is 5.57. The number of fused-ring (bicyclic) bond motifs is 2. The summed E-state index contributed by atoms with van der Waals surface area (Å²) in [7, 11) is 0. The minimum Gasteiger partial charge on any atom is -0.361 e. The number of amides is 2. The van der Waals surface area contributed by atoms with Crippen LogP contribution in [0.1, 0.15) is 55.7 Å². The summed E-state index contributed by atoms with van der Waals surface area (Å²) in [5.74, 6) is 0.941. The number of aromatic nitrogens is 1. The van der Waals surface area contributed by atoms with E-state index in [4.69, 9.17) is 9.36 Å². The van der Waals surface area contributed by atoms with E-state index in [0.717, 1.165) is 36.3 Å². The fourth-order valence-corrected chi connectivity index (χ4v) is 4.20. The molecule has 1 aliphatic carbocycles. The Morgan fingerprint density at radius 3 is 2.85 bits per heavy atom. The molecular formula is C21H25N3O3. The number of hydrogen-bond acceptors (Lipinski definition) is 4. The summed E-state index contributed by atoms with van der Waals surface area (Å²) >= 11 is 0. The van der Waals surface area contributed by atoms with E-state index in [2.05, 4.69) is 18.1 Å². The van der Waals surface area contributed by atoms with E-state index < -0.39 is 0 Å². The molecule has 5 rings (SSSR count). The molecule has 3 fully saturated rings. The van der Waals surface area contributed by atoms with Crippen molar-refractivity contribution >= 4 is 6.03 Å². The van der Waals surface area contributed by atoms with Crippen LogP contribution in [0.15, 0.2) is 40.9 Å². The number of rotatable bonds is 6. The van der Waals surface area contributed by atoms with Crippen LogP contribution in [-0.4, -0.2) is 33.7 Å². The van der Waals surface area contributed by atoms with Gasteiger partial charge in [0, 0.05) is 19.0 Å². The molecule has 0 N–H and O–H groups in total. The van der Waals surface area contributed by atoms with Gasteiger partial charge in [0.2, 0.25) is 0 Å². The highest BCUT2D eigenvalue weighted by molar-refractivity contribution is 5.77. The van der Waals surface area contributed by atoms with Crippen LogP contribution in [-0.2, 0) is 17.9 Å². The molecule has 27 heavy (non-hydrogen) atoms. The van der Waals surface area contributed by atoms with Gasteiger partial charge in [-0.1, -0.05) is 42.4 Å². The maximum absolute atomic E-state index is 12.9. The maximum Gasteiger partial charge on any atom is 0.344 e. The number of urea groups is 1. The summed E-state index contributed by atoms with van der Waals surface area (Å²) in [4.78, 5) is 20.7. The molecule has 6 nitrogen and oxygen atoms in total. The molecule has 2 atom stereocenters. The number of hydrogen-bond donors (Lipinski definition) is 0.